The van der Waals surface area contributed by atoms with Crippen molar-refractivity contribution in [3.8, 4) is 0 Å². The molecule has 0 unspecified atom stereocenters. The highest BCUT2D eigenvalue weighted by molar-refractivity contribution is 7.88. The maximum absolute atomic E-state index is 11.6. The summed E-state index contributed by atoms with van der Waals surface area (Å²) in [7, 11) is -3.16. The molecule has 1 saturated heterocycles. The van der Waals surface area contributed by atoms with Gasteiger partial charge >= 0.3 is 0 Å². The van der Waals surface area contributed by atoms with Crippen LogP contribution in [-0.2, 0) is 14.8 Å². The summed E-state index contributed by atoms with van der Waals surface area (Å²) in [6.07, 6.45) is 3.01. The maximum atomic E-state index is 11.6. The van der Waals surface area contributed by atoms with Gasteiger partial charge < -0.3 is 10.6 Å². The Morgan fingerprint density at radius 1 is 1.44 bits per heavy atom. The first-order valence-electron chi connectivity index (χ1n) is 5.42. The van der Waals surface area contributed by atoms with Crippen molar-refractivity contribution in [2.24, 2.45) is 5.92 Å². The zero-order valence-electron chi connectivity index (χ0n) is 9.45. The summed E-state index contributed by atoms with van der Waals surface area (Å²) < 4.78 is 23.8. The lowest BCUT2D eigenvalue weighted by molar-refractivity contribution is -0.125. The van der Waals surface area contributed by atoms with Crippen molar-refractivity contribution >= 4 is 15.9 Å². The van der Waals surface area contributed by atoms with Gasteiger partial charge in [-0.2, -0.15) is 0 Å². The molecular formula is C9H19N3O3S. The topological polar surface area (TPSA) is 87.3 Å². The summed E-state index contributed by atoms with van der Waals surface area (Å²) >= 11 is 0. The molecule has 6 nitrogen and oxygen atoms in total. The molecule has 1 atom stereocenters. The fourth-order valence-electron chi connectivity index (χ4n) is 1.64. The van der Waals surface area contributed by atoms with E-state index in [4.69, 9.17) is 0 Å². The van der Waals surface area contributed by atoms with Crippen LogP contribution in [0, 0.1) is 5.92 Å². The number of hydrogen-bond donors (Lipinski definition) is 3. The van der Waals surface area contributed by atoms with E-state index < -0.39 is 10.0 Å². The van der Waals surface area contributed by atoms with Crippen molar-refractivity contribution in [3.63, 3.8) is 0 Å². The molecular weight excluding hydrogens is 230 g/mol. The van der Waals surface area contributed by atoms with Crippen LogP contribution in [-0.4, -0.2) is 46.8 Å². The van der Waals surface area contributed by atoms with Gasteiger partial charge in [-0.1, -0.05) is 0 Å². The van der Waals surface area contributed by atoms with Gasteiger partial charge in [-0.3, -0.25) is 4.79 Å². The third-order valence-corrected chi connectivity index (χ3v) is 3.18. The van der Waals surface area contributed by atoms with Gasteiger partial charge in [0.15, 0.2) is 0 Å². The first kappa shape index (κ1) is 13.4. The summed E-state index contributed by atoms with van der Waals surface area (Å²) in [5.41, 5.74) is 0. The van der Waals surface area contributed by atoms with Crippen molar-refractivity contribution in [3.05, 3.63) is 0 Å². The average Bonchev–Trinajstić information content (AvgIpc) is 2.24. The van der Waals surface area contributed by atoms with Gasteiger partial charge in [-0.05, 0) is 19.4 Å². The molecule has 0 spiro atoms. The van der Waals surface area contributed by atoms with E-state index in [1.807, 2.05) is 0 Å². The lowest BCUT2D eigenvalue weighted by Crippen LogP contribution is -2.42. The average molecular weight is 249 g/mol. The van der Waals surface area contributed by atoms with E-state index in [0.29, 0.717) is 13.1 Å². The molecule has 7 heteroatoms. The Labute approximate surface area is 96.2 Å². The molecule has 1 aliphatic rings. The van der Waals surface area contributed by atoms with Crippen LogP contribution < -0.4 is 15.4 Å². The molecule has 16 heavy (non-hydrogen) atoms. The van der Waals surface area contributed by atoms with Gasteiger partial charge in [-0.25, -0.2) is 13.1 Å². The van der Waals surface area contributed by atoms with E-state index in [9.17, 15) is 13.2 Å². The van der Waals surface area contributed by atoms with Crippen LogP contribution in [0.4, 0.5) is 0 Å². The molecule has 0 aromatic rings. The lowest BCUT2D eigenvalue weighted by atomic mass is 9.99. The van der Waals surface area contributed by atoms with Crippen LogP contribution in [0.25, 0.3) is 0 Å². The minimum Gasteiger partial charge on any atom is -0.355 e. The number of sulfonamides is 1. The fraction of sp³-hybridized carbons (Fsp3) is 0.889. The predicted molar refractivity (Wildman–Crippen MR) is 61.4 cm³/mol. The Morgan fingerprint density at radius 2 is 2.19 bits per heavy atom. The molecule has 3 N–H and O–H groups in total. The second-order valence-electron chi connectivity index (χ2n) is 4.00. The summed E-state index contributed by atoms with van der Waals surface area (Å²) in [4.78, 5) is 11.6. The number of carbonyl (C=O) groups is 1. The monoisotopic (exact) mass is 249 g/mol. The molecule has 0 bridgehead atoms. The third-order valence-electron chi connectivity index (χ3n) is 2.46. The van der Waals surface area contributed by atoms with Crippen molar-refractivity contribution in [2.45, 2.75) is 12.8 Å². The van der Waals surface area contributed by atoms with Crippen LogP contribution in [0.5, 0.6) is 0 Å². The third kappa shape index (κ3) is 5.43. The standard InChI is InChI=1S/C9H19N3O3S/c1-16(14,15)12-6-5-11-9(13)8-3-2-4-10-7-8/h8,10,12H,2-7H2,1H3,(H,11,13)/t8-/m1/s1. The second kappa shape index (κ2) is 6.17. The molecule has 94 valence electrons. The van der Waals surface area contributed by atoms with Crippen LogP contribution in [0.3, 0.4) is 0 Å². The minimum absolute atomic E-state index is 0.00232. The first-order chi connectivity index (χ1) is 7.49. The Hall–Kier alpha value is -0.660. The molecule has 1 rings (SSSR count). The second-order valence-corrected chi connectivity index (χ2v) is 5.83. The van der Waals surface area contributed by atoms with Crippen molar-refractivity contribution in [1.29, 1.82) is 0 Å². The number of rotatable bonds is 5. The molecule has 1 aliphatic heterocycles. The van der Waals surface area contributed by atoms with E-state index in [2.05, 4.69) is 15.4 Å². The molecule has 0 aromatic heterocycles. The molecule has 0 aliphatic carbocycles. The Balaban J connectivity index is 2.14. The largest absolute Gasteiger partial charge is 0.355 e. The lowest BCUT2D eigenvalue weighted by Gasteiger charge is -2.21. The highest BCUT2D eigenvalue weighted by Gasteiger charge is 2.20. The maximum Gasteiger partial charge on any atom is 0.224 e. The number of amides is 1. The van der Waals surface area contributed by atoms with Gasteiger partial charge in [0.1, 0.15) is 0 Å². The normalized spacial score (nSPS) is 21.7. The molecule has 0 saturated carbocycles. The van der Waals surface area contributed by atoms with E-state index in [-0.39, 0.29) is 18.4 Å². The van der Waals surface area contributed by atoms with E-state index in [1.165, 1.54) is 0 Å². The Bertz CT molecular complexity index is 323. The zero-order chi connectivity index (χ0) is 12.0. The van der Waals surface area contributed by atoms with Crippen molar-refractivity contribution in [2.75, 3.05) is 32.4 Å². The number of piperidine rings is 1. The molecule has 0 radical (unpaired) electrons. The van der Waals surface area contributed by atoms with Gasteiger partial charge in [0, 0.05) is 19.6 Å². The highest BCUT2D eigenvalue weighted by atomic mass is 32.2. The number of carbonyl (C=O) groups excluding carboxylic acids is 1. The zero-order valence-corrected chi connectivity index (χ0v) is 10.3. The Morgan fingerprint density at radius 3 is 2.75 bits per heavy atom. The van der Waals surface area contributed by atoms with Gasteiger partial charge in [-0.15, -0.1) is 0 Å². The van der Waals surface area contributed by atoms with Crippen LogP contribution in [0.15, 0.2) is 0 Å². The molecule has 1 amide bonds. The number of nitrogens with one attached hydrogen (secondary N) is 3. The number of hydrogen-bond acceptors (Lipinski definition) is 4. The smallest absolute Gasteiger partial charge is 0.224 e. The SMILES string of the molecule is CS(=O)(=O)NCCNC(=O)[C@@H]1CCCNC1. The summed E-state index contributed by atoms with van der Waals surface area (Å²) in [5, 5.41) is 5.88. The fourth-order valence-corrected chi connectivity index (χ4v) is 2.11. The minimum atomic E-state index is -3.16. The van der Waals surface area contributed by atoms with Crippen LogP contribution in [0.2, 0.25) is 0 Å². The van der Waals surface area contributed by atoms with E-state index in [0.717, 1.165) is 25.6 Å². The summed E-state index contributed by atoms with van der Waals surface area (Å²) in [5.74, 6) is 0.0227. The van der Waals surface area contributed by atoms with Crippen LogP contribution in [0.1, 0.15) is 12.8 Å². The predicted octanol–water partition coefficient (Wildman–Crippen LogP) is -1.35. The molecule has 1 fully saturated rings. The Kier molecular flexibility index (Phi) is 5.17. The summed E-state index contributed by atoms with van der Waals surface area (Å²) in [6.45, 7) is 2.26. The quantitative estimate of drug-likeness (QED) is 0.526. The van der Waals surface area contributed by atoms with E-state index in [1.54, 1.807) is 0 Å². The molecule has 0 aromatic carbocycles. The van der Waals surface area contributed by atoms with Crippen molar-refractivity contribution < 1.29 is 13.2 Å². The van der Waals surface area contributed by atoms with Gasteiger partial charge in [0.2, 0.25) is 15.9 Å². The summed E-state index contributed by atoms with van der Waals surface area (Å²) in [6, 6.07) is 0. The van der Waals surface area contributed by atoms with Crippen LogP contribution >= 0.6 is 0 Å². The first-order valence-corrected chi connectivity index (χ1v) is 7.31. The van der Waals surface area contributed by atoms with Gasteiger partial charge in [0.25, 0.3) is 0 Å². The highest BCUT2D eigenvalue weighted by Crippen LogP contribution is 2.09. The van der Waals surface area contributed by atoms with E-state index >= 15 is 0 Å². The van der Waals surface area contributed by atoms with Crippen molar-refractivity contribution in [1.82, 2.24) is 15.4 Å². The van der Waals surface area contributed by atoms with Gasteiger partial charge in [0.05, 0.1) is 12.2 Å². The molecule has 1 heterocycles.